The Morgan fingerprint density at radius 1 is 1.07 bits per heavy atom. The van der Waals surface area contributed by atoms with Crippen LogP contribution in [0.25, 0.3) is 33.5 Å². The van der Waals surface area contributed by atoms with E-state index in [4.69, 9.17) is 4.42 Å². The zero-order valence-corrected chi connectivity index (χ0v) is 24.1. The van der Waals surface area contributed by atoms with Crippen molar-refractivity contribution in [2.75, 3.05) is 11.3 Å². The number of nitrogens with one attached hydrogen (secondary N) is 2. The average molecular weight is 650 g/mol. The molecule has 0 aliphatic carbocycles. The highest BCUT2D eigenvalue weighted by Gasteiger charge is 2.46. The summed E-state index contributed by atoms with van der Waals surface area (Å²) in [5, 5.41) is 3.37. The molecule has 0 saturated carbocycles. The van der Waals surface area contributed by atoms with Crippen LogP contribution < -0.4 is 10.0 Å². The lowest BCUT2D eigenvalue weighted by molar-refractivity contribution is -0.0429. The first-order valence-electron chi connectivity index (χ1n) is 12.5. The second kappa shape index (κ2) is 10.8. The molecule has 5 rings (SSSR count). The molecular formula is C27H23BrF3N5O4S. The van der Waals surface area contributed by atoms with Crippen LogP contribution in [-0.4, -0.2) is 40.9 Å². The second-order valence-electron chi connectivity index (χ2n) is 9.04. The van der Waals surface area contributed by atoms with Crippen LogP contribution in [0.15, 0.2) is 63.5 Å². The van der Waals surface area contributed by atoms with Crippen LogP contribution in [0.3, 0.4) is 0 Å². The largest absolute Gasteiger partial charge is 0.516 e. The third-order valence-corrected chi connectivity index (χ3v) is 8.20. The summed E-state index contributed by atoms with van der Waals surface area (Å²) in [4.78, 5) is 21.6. The molecule has 0 atom stereocenters. The fourth-order valence-corrected chi connectivity index (χ4v) is 5.59. The zero-order chi connectivity index (χ0) is 29.5. The number of benzene rings is 2. The van der Waals surface area contributed by atoms with Crippen LogP contribution in [0.2, 0.25) is 0 Å². The van der Waals surface area contributed by atoms with Gasteiger partial charge in [0.15, 0.2) is 11.4 Å². The average Bonchev–Trinajstić information content (AvgIpc) is 3.44. The van der Waals surface area contributed by atoms with Crippen molar-refractivity contribution in [2.45, 2.75) is 32.3 Å². The predicted octanol–water partition coefficient (Wildman–Crippen LogP) is 6.23. The molecule has 1 amide bonds. The van der Waals surface area contributed by atoms with Crippen LogP contribution in [0.4, 0.5) is 18.9 Å². The van der Waals surface area contributed by atoms with Gasteiger partial charge in [0.2, 0.25) is 0 Å². The Hall–Kier alpha value is -3.91. The van der Waals surface area contributed by atoms with Gasteiger partial charge < -0.3 is 14.3 Å². The number of furan rings is 1. The highest BCUT2D eigenvalue weighted by atomic mass is 79.9. The van der Waals surface area contributed by atoms with Gasteiger partial charge >= 0.3 is 15.5 Å². The maximum atomic E-state index is 13.0. The molecule has 9 nitrogen and oxygen atoms in total. The number of carbonyl (C=O) groups excluding carboxylic acids is 1. The maximum Gasteiger partial charge on any atom is 0.516 e. The molecule has 3 heterocycles. The summed E-state index contributed by atoms with van der Waals surface area (Å²) in [5.41, 5.74) is -2.87. The zero-order valence-electron chi connectivity index (χ0n) is 21.7. The predicted molar refractivity (Wildman–Crippen MR) is 152 cm³/mol. The number of hydrogen-bond donors (Lipinski definition) is 2. The minimum Gasteiger partial charge on any atom is -0.455 e. The Bertz CT molecular complexity index is 1900. The van der Waals surface area contributed by atoms with E-state index < -0.39 is 15.5 Å². The van der Waals surface area contributed by atoms with E-state index >= 15 is 0 Å². The number of sulfonamides is 1. The summed E-state index contributed by atoms with van der Waals surface area (Å²) in [5.74, 6) is 0.654. The molecule has 0 radical (unpaired) electrons. The molecule has 3 aromatic heterocycles. The van der Waals surface area contributed by atoms with Crippen molar-refractivity contribution < 1.29 is 30.8 Å². The Labute approximate surface area is 241 Å². The first kappa shape index (κ1) is 28.6. The molecule has 41 heavy (non-hydrogen) atoms. The molecule has 2 N–H and O–H groups in total. The van der Waals surface area contributed by atoms with Gasteiger partial charge in [-0.2, -0.15) is 21.6 Å². The fraction of sp³-hybridized carbons (Fsp3) is 0.222. The molecule has 0 spiro atoms. The highest BCUT2D eigenvalue weighted by Crippen LogP contribution is 2.42. The number of rotatable bonds is 8. The molecular weight excluding hydrogens is 627 g/mol. The smallest absolute Gasteiger partial charge is 0.455 e. The minimum absolute atomic E-state index is 0.126. The van der Waals surface area contributed by atoms with Gasteiger partial charge in [-0.15, -0.1) is 0 Å². The van der Waals surface area contributed by atoms with Crippen molar-refractivity contribution in [1.29, 1.82) is 0 Å². The standard InChI is InChI=1S/C27H23BrF3N5O4S/c1-3-22-33-19-10-11-20(26(37)32-4-2)34-25(19)36(22)14-15-9-12-21-17(13-15)23(28)24(40-21)16-7-5-6-8-18(16)35-41(38,39)27(29,30)31/h5-13,35H,3-4,14H2,1-2H3,(H,32,37). The first-order chi connectivity index (χ1) is 19.4. The number of amides is 1. The van der Waals surface area contributed by atoms with Crippen molar-refractivity contribution in [2.24, 2.45) is 0 Å². The van der Waals surface area contributed by atoms with Gasteiger partial charge in [0.25, 0.3) is 5.91 Å². The number of fused-ring (bicyclic) bond motifs is 2. The lowest BCUT2D eigenvalue weighted by Crippen LogP contribution is -2.30. The summed E-state index contributed by atoms with van der Waals surface area (Å²) in [6, 6.07) is 14.5. The molecule has 5 aromatic rings. The third-order valence-electron chi connectivity index (χ3n) is 6.31. The Balaban J connectivity index is 1.54. The second-order valence-corrected chi connectivity index (χ2v) is 11.5. The number of halogens is 4. The summed E-state index contributed by atoms with van der Waals surface area (Å²) < 4.78 is 72.6. The molecule has 14 heteroatoms. The number of alkyl halides is 3. The van der Waals surface area contributed by atoms with E-state index in [0.717, 1.165) is 11.4 Å². The van der Waals surface area contributed by atoms with E-state index in [1.165, 1.54) is 18.2 Å². The molecule has 214 valence electrons. The number of nitrogens with zero attached hydrogens (tertiary/aromatic N) is 3. The third kappa shape index (κ3) is 5.40. The van der Waals surface area contributed by atoms with E-state index in [2.05, 4.69) is 31.2 Å². The molecule has 0 aliphatic rings. The number of anilines is 1. The minimum atomic E-state index is -5.64. The van der Waals surface area contributed by atoms with Crippen LogP contribution in [0.5, 0.6) is 0 Å². The van der Waals surface area contributed by atoms with Gasteiger partial charge in [-0.05, 0) is 64.8 Å². The molecule has 0 saturated heterocycles. The number of carbonyl (C=O) groups is 1. The van der Waals surface area contributed by atoms with Gasteiger partial charge in [0.05, 0.1) is 16.7 Å². The van der Waals surface area contributed by atoms with Crippen molar-refractivity contribution in [3.05, 3.63) is 76.2 Å². The molecule has 0 aliphatic heterocycles. The van der Waals surface area contributed by atoms with E-state index in [0.29, 0.717) is 46.1 Å². The van der Waals surface area contributed by atoms with E-state index in [1.54, 1.807) is 29.0 Å². The normalized spacial score (nSPS) is 12.2. The lowest BCUT2D eigenvalue weighted by Gasteiger charge is -2.13. The maximum absolute atomic E-state index is 13.0. The van der Waals surface area contributed by atoms with Crippen molar-refractivity contribution in [3.63, 3.8) is 0 Å². The Morgan fingerprint density at radius 2 is 1.83 bits per heavy atom. The number of aryl methyl sites for hydroxylation is 1. The number of aromatic nitrogens is 3. The summed E-state index contributed by atoms with van der Waals surface area (Å²) in [7, 11) is -5.64. The lowest BCUT2D eigenvalue weighted by atomic mass is 10.1. The van der Waals surface area contributed by atoms with Gasteiger partial charge in [-0.25, -0.2) is 9.97 Å². The van der Waals surface area contributed by atoms with Crippen LogP contribution in [0, 0.1) is 0 Å². The van der Waals surface area contributed by atoms with Crippen LogP contribution in [-0.2, 0) is 23.0 Å². The summed E-state index contributed by atoms with van der Waals surface area (Å²) >= 11 is 3.49. The summed E-state index contributed by atoms with van der Waals surface area (Å²) in [6.45, 7) is 4.63. The molecule has 0 fully saturated rings. The number of hydrogen-bond acceptors (Lipinski definition) is 6. The highest BCUT2D eigenvalue weighted by molar-refractivity contribution is 9.10. The first-order valence-corrected chi connectivity index (χ1v) is 14.7. The topological polar surface area (TPSA) is 119 Å². The number of imidazole rings is 1. The van der Waals surface area contributed by atoms with Crippen molar-refractivity contribution in [1.82, 2.24) is 19.9 Å². The number of para-hydroxylation sites is 1. The van der Waals surface area contributed by atoms with Crippen molar-refractivity contribution >= 4 is 59.7 Å². The monoisotopic (exact) mass is 649 g/mol. The molecule has 0 unspecified atom stereocenters. The Morgan fingerprint density at radius 3 is 2.54 bits per heavy atom. The van der Waals surface area contributed by atoms with E-state index in [9.17, 15) is 26.4 Å². The Kier molecular flexibility index (Phi) is 7.55. The summed E-state index contributed by atoms with van der Waals surface area (Å²) in [6.07, 6.45) is 0.624. The van der Waals surface area contributed by atoms with E-state index in [-0.39, 0.29) is 28.6 Å². The van der Waals surface area contributed by atoms with Gasteiger partial charge in [0, 0.05) is 23.9 Å². The SMILES string of the molecule is CCNC(=O)c1ccc2nc(CC)n(Cc3ccc4oc(-c5ccccc5NS(=O)(=O)C(F)(F)F)c(Br)c4c3)c2n1. The number of pyridine rings is 1. The molecule has 2 aromatic carbocycles. The molecule has 0 bridgehead atoms. The fourth-order valence-electron chi connectivity index (χ4n) is 4.40. The van der Waals surface area contributed by atoms with Gasteiger partial charge in [-0.1, -0.05) is 25.1 Å². The van der Waals surface area contributed by atoms with Crippen LogP contribution in [0.1, 0.15) is 35.7 Å². The van der Waals surface area contributed by atoms with E-state index in [1.807, 2.05) is 30.5 Å². The van der Waals surface area contributed by atoms with Crippen molar-refractivity contribution in [3.8, 4) is 11.3 Å². The quantitative estimate of drug-likeness (QED) is 0.206. The van der Waals surface area contributed by atoms with Crippen LogP contribution >= 0.6 is 15.9 Å². The van der Waals surface area contributed by atoms with Gasteiger partial charge in [-0.3, -0.25) is 9.52 Å². The van der Waals surface area contributed by atoms with Gasteiger partial charge in [0.1, 0.15) is 22.6 Å².